The number of hydrogen-bond donors (Lipinski definition) is 1. The maximum absolute atomic E-state index is 12.8. The van der Waals surface area contributed by atoms with Crippen LogP contribution in [0.3, 0.4) is 0 Å². The van der Waals surface area contributed by atoms with Gasteiger partial charge in [0.1, 0.15) is 11.5 Å². The molecule has 0 aliphatic carbocycles. The molecule has 4 rings (SSSR count). The number of ether oxygens (including phenoxy) is 1. The third kappa shape index (κ3) is 3.87. The summed E-state index contributed by atoms with van der Waals surface area (Å²) in [5.41, 5.74) is 2.00. The molecular formula is C22H22ClNO3. The zero-order valence-corrected chi connectivity index (χ0v) is 15.8. The third-order valence-corrected chi connectivity index (χ3v) is 5.38. The highest BCUT2D eigenvalue weighted by Gasteiger charge is 2.31. The summed E-state index contributed by atoms with van der Waals surface area (Å²) < 4.78 is 5.93. The van der Waals surface area contributed by atoms with Gasteiger partial charge in [-0.2, -0.15) is 0 Å². The predicted octanol–water partition coefficient (Wildman–Crippen LogP) is 5.04. The molecule has 1 saturated heterocycles. The Kier molecular flexibility index (Phi) is 5.19. The van der Waals surface area contributed by atoms with Gasteiger partial charge in [0, 0.05) is 11.6 Å². The Morgan fingerprint density at radius 2 is 1.89 bits per heavy atom. The Bertz CT molecular complexity index is 898. The van der Waals surface area contributed by atoms with E-state index in [1.807, 2.05) is 12.1 Å². The number of Topliss-reactive ketones (excluding diaryl/α,β-unsaturated/α-hetero) is 1. The maximum Gasteiger partial charge on any atom is 0.231 e. The van der Waals surface area contributed by atoms with Gasteiger partial charge >= 0.3 is 0 Å². The Labute approximate surface area is 164 Å². The van der Waals surface area contributed by atoms with Gasteiger partial charge < -0.3 is 9.84 Å². The number of halogens is 1. The fourth-order valence-corrected chi connectivity index (χ4v) is 3.91. The zero-order chi connectivity index (χ0) is 18.8. The molecule has 0 radical (unpaired) electrons. The van der Waals surface area contributed by atoms with Crippen LogP contribution in [0.25, 0.3) is 6.08 Å². The number of phenols is 1. The van der Waals surface area contributed by atoms with Gasteiger partial charge in [-0.05, 0) is 61.8 Å². The van der Waals surface area contributed by atoms with Gasteiger partial charge in [0.05, 0.1) is 11.1 Å². The van der Waals surface area contributed by atoms with E-state index in [9.17, 15) is 9.90 Å². The van der Waals surface area contributed by atoms with Crippen LogP contribution in [-0.4, -0.2) is 28.9 Å². The van der Waals surface area contributed by atoms with E-state index < -0.39 is 0 Å². The molecule has 27 heavy (non-hydrogen) atoms. The molecule has 1 fully saturated rings. The van der Waals surface area contributed by atoms with E-state index in [1.54, 1.807) is 30.3 Å². The van der Waals surface area contributed by atoms with Gasteiger partial charge in [0.25, 0.3) is 0 Å². The number of benzene rings is 2. The summed E-state index contributed by atoms with van der Waals surface area (Å²) in [7, 11) is 0. The van der Waals surface area contributed by atoms with Gasteiger partial charge in [0.15, 0.2) is 5.76 Å². The normalized spacial score (nSPS) is 19.0. The van der Waals surface area contributed by atoms with Crippen LogP contribution in [0.5, 0.6) is 11.5 Å². The Hall–Kier alpha value is -2.30. The van der Waals surface area contributed by atoms with Crippen molar-refractivity contribution in [1.82, 2.24) is 4.90 Å². The van der Waals surface area contributed by atoms with Crippen LogP contribution in [-0.2, 0) is 6.54 Å². The molecule has 4 nitrogen and oxygen atoms in total. The second-order valence-electron chi connectivity index (χ2n) is 7.13. The first kappa shape index (κ1) is 18.1. The number of carbonyl (C=O) groups excluding carboxylic acids is 1. The quantitative estimate of drug-likeness (QED) is 0.754. The van der Waals surface area contributed by atoms with Crippen LogP contribution >= 0.6 is 11.6 Å². The molecule has 0 atom stereocenters. The zero-order valence-electron chi connectivity index (χ0n) is 15.1. The summed E-state index contributed by atoms with van der Waals surface area (Å²) in [4.78, 5) is 15.1. The molecule has 2 aliphatic heterocycles. The number of fused-ring (bicyclic) bond motifs is 1. The predicted molar refractivity (Wildman–Crippen MR) is 106 cm³/mol. The van der Waals surface area contributed by atoms with Gasteiger partial charge in [-0.1, -0.05) is 36.6 Å². The van der Waals surface area contributed by atoms with Gasteiger partial charge in [-0.15, -0.1) is 0 Å². The Morgan fingerprint density at radius 1 is 1.11 bits per heavy atom. The summed E-state index contributed by atoms with van der Waals surface area (Å²) in [6.07, 6.45) is 6.51. The van der Waals surface area contributed by atoms with Crippen LogP contribution in [0.4, 0.5) is 0 Å². The molecule has 0 spiro atoms. The number of likely N-dealkylation sites (tertiary alicyclic amines) is 1. The number of ketones is 1. The van der Waals surface area contributed by atoms with Crippen LogP contribution in [0, 0.1) is 0 Å². The molecule has 0 unspecified atom stereocenters. The number of hydrogen-bond acceptors (Lipinski definition) is 4. The molecule has 5 heteroatoms. The lowest BCUT2D eigenvalue weighted by molar-refractivity contribution is 0.101. The van der Waals surface area contributed by atoms with Crippen LogP contribution in [0.15, 0.2) is 42.2 Å². The molecule has 0 aromatic heterocycles. The Morgan fingerprint density at radius 3 is 2.63 bits per heavy atom. The van der Waals surface area contributed by atoms with Crippen LogP contribution < -0.4 is 4.74 Å². The smallest absolute Gasteiger partial charge is 0.231 e. The topological polar surface area (TPSA) is 49.8 Å². The second-order valence-corrected chi connectivity index (χ2v) is 7.56. The second kappa shape index (κ2) is 7.75. The van der Waals surface area contributed by atoms with E-state index in [2.05, 4.69) is 4.90 Å². The fraction of sp³-hybridized carbons (Fsp3) is 0.318. The fourth-order valence-electron chi connectivity index (χ4n) is 3.72. The number of aromatic hydroxyl groups is 1. The van der Waals surface area contributed by atoms with Gasteiger partial charge in [-0.3, -0.25) is 9.69 Å². The summed E-state index contributed by atoms with van der Waals surface area (Å²) in [6, 6.07) is 10.5. The van der Waals surface area contributed by atoms with Crippen molar-refractivity contribution in [1.29, 1.82) is 0 Å². The monoisotopic (exact) mass is 383 g/mol. The number of carbonyl (C=O) groups is 1. The van der Waals surface area contributed by atoms with Crippen molar-refractivity contribution in [2.75, 3.05) is 13.1 Å². The first-order valence-corrected chi connectivity index (χ1v) is 9.76. The summed E-state index contributed by atoms with van der Waals surface area (Å²) in [5, 5.41) is 11.0. The van der Waals surface area contributed by atoms with E-state index in [4.69, 9.17) is 16.3 Å². The van der Waals surface area contributed by atoms with Crippen molar-refractivity contribution < 1.29 is 14.6 Å². The van der Waals surface area contributed by atoms with E-state index >= 15 is 0 Å². The van der Waals surface area contributed by atoms with Crippen LogP contribution in [0.2, 0.25) is 5.02 Å². The van der Waals surface area contributed by atoms with Crippen molar-refractivity contribution in [2.45, 2.75) is 32.2 Å². The van der Waals surface area contributed by atoms with Crippen molar-refractivity contribution in [3.8, 4) is 11.5 Å². The standard InChI is InChI=1S/C22H22ClNO3/c23-16-7-5-6-15(12-16)13-20-21(26)17-8-9-19(25)18(22(17)27-20)14-24-10-3-1-2-4-11-24/h5-9,12-13,25H,1-4,10-11,14H2/b20-13-. The van der Waals surface area contributed by atoms with Crippen LogP contribution in [0.1, 0.15) is 47.2 Å². The molecule has 140 valence electrons. The molecule has 2 aliphatic rings. The minimum Gasteiger partial charge on any atom is -0.507 e. The average molecular weight is 384 g/mol. The lowest BCUT2D eigenvalue weighted by Crippen LogP contribution is -2.24. The molecule has 2 aromatic carbocycles. The molecule has 0 bridgehead atoms. The SMILES string of the molecule is O=C1/C(=C/c2cccc(Cl)c2)Oc2c1ccc(O)c2CN1CCCCCC1. The largest absolute Gasteiger partial charge is 0.507 e. The minimum absolute atomic E-state index is 0.165. The molecular weight excluding hydrogens is 362 g/mol. The first-order chi connectivity index (χ1) is 13.1. The van der Waals surface area contributed by atoms with Crippen molar-refractivity contribution in [3.05, 3.63) is 63.9 Å². The molecule has 0 saturated carbocycles. The highest BCUT2D eigenvalue weighted by Crippen LogP contribution is 2.40. The average Bonchev–Trinajstić information content (AvgIpc) is 2.82. The van der Waals surface area contributed by atoms with Gasteiger partial charge in [0.2, 0.25) is 5.78 Å². The maximum atomic E-state index is 12.8. The summed E-state index contributed by atoms with van der Waals surface area (Å²) in [5.74, 6) is 0.754. The Balaban J connectivity index is 1.64. The summed E-state index contributed by atoms with van der Waals surface area (Å²) >= 11 is 6.03. The first-order valence-electron chi connectivity index (χ1n) is 9.39. The number of rotatable bonds is 3. The number of nitrogens with zero attached hydrogens (tertiary/aromatic N) is 1. The van der Waals surface area contributed by atoms with E-state index in [0.717, 1.165) is 31.5 Å². The summed E-state index contributed by atoms with van der Waals surface area (Å²) in [6.45, 7) is 2.59. The van der Waals surface area contributed by atoms with Crippen molar-refractivity contribution >= 4 is 23.5 Å². The lowest BCUT2D eigenvalue weighted by Gasteiger charge is -2.21. The number of phenolic OH excluding ortho intramolecular Hbond substituents is 1. The molecule has 0 amide bonds. The highest BCUT2D eigenvalue weighted by molar-refractivity contribution is 6.30. The lowest BCUT2D eigenvalue weighted by atomic mass is 10.0. The molecule has 2 aromatic rings. The highest BCUT2D eigenvalue weighted by atomic mass is 35.5. The van der Waals surface area contributed by atoms with Gasteiger partial charge in [-0.25, -0.2) is 0 Å². The van der Waals surface area contributed by atoms with Crippen molar-refractivity contribution in [2.24, 2.45) is 0 Å². The van der Waals surface area contributed by atoms with Crippen molar-refractivity contribution in [3.63, 3.8) is 0 Å². The van der Waals surface area contributed by atoms with E-state index in [0.29, 0.717) is 28.4 Å². The van der Waals surface area contributed by atoms with E-state index in [-0.39, 0.29) is 17.3 Å². The third-order valence-electron chi connectivity index (χ3n) is 5.14. The molecule has 2 heterocycles. The molecule has 1 N–H and O–H groups in total. The minimum atomic E-state index is -0.165. The van der Waals surface area contributed by atoms with E-state index in [1.165, 1.54) is 12.8 Å². The number of allylic oxidation sites excluding steroid dienone is 1.